The van der Waals surface area contributed by atoms with Crippen LogP contribution in [-0.2, 0) is 4.74 Å². The van der Waals surface area contributed by atoms with Crippen LogP contribution < -0.4 is 10.1 Å². The summed E-state index contributed by atoms with van der Waals surface area (Å²) in [6.45, 7) is 4.76. The van der Waals surface area contributed by atoms with Crippen LogP contribution in [0.2, 0.25) is 0 Å². The summed E-state index contributed by atoms with van der Waals surface area (Å²) in [5.74, 6) is 1.12. The molecule has 0 bridgehead atoms. The fraction of sp³-hybridized carbons (Fsp3) is 0.375. The molecule has 0 atom stereocenters. The molecule has 0 spiro atoms. The van der Waals surface area contributed by atoms with Crippen molar-refractivity contribution in [3.63, 3.8) is 0 Å². The molecule has 112 valence electrons. The van der Waals surface area contributed by atoms with E-state index in [9.17, 15) is 4.79 Å². The van der Waals surface area contributed by atoms with Crippen molar-refractivity contribution in [3.05, 3.63) is 36.0 Å². The molecule has 1 aromatic carbocycles. The third-order valence-electron chi connectivity index (χ3n) is 3.14. The Kier molecular flexibility index (Phi) is 4.98. The number of alkyl carbamates (subject to hydrolysis) is 1. The Morgan fingerprint density at radius 3 is 2.86 bits per heavy atom. The van der Waals surface area contributed by atoms with E-state index in [0.717, 1.165) is 16.7 Å². The molecule has 2 rings (SSSR count). The second-order valence-corrected chi connectivity index (χ2v) is 4.98. The molecule has 5 nitrogen and oxygen atoms in total. The maximum Gasteiger partial charge on any atom is 0.406 e. The Labute approximate surface area is 124 Å². The molecular weight excluding hydrogens is 268 g/mol. The van der Waals surface area contributed by atoms with Gasteiger partial charge in [-0.2, -0.15) is 0 Å². The Hall–Kier alpha value is -2.30. The number of amides is 1. The van der Waals surface area contributed by atoms with Gasteiger partial charge in [-0.3, -0.25) is 4.98 Å². The number of rotatable bonds is 5. The Balaban J connectivity index is 2.15. The molecular formula is C16H20N2O3. The van der Waals surface area contributed by atoms with Crippen LogP contribution in [0.3, 0.4) is 0 Å². The minimum atomic E-state index is -0.461. The lowest BCUT2D eigenvalue weighted by molar-refractivity contribution is 0.127. The van der Waals surface area contributed by atoms with Crippen molar-refractivity contribution in [3.8, 4) is 5.75 Å². The highest BCUT2D eigenvalue weighted by Gasteiger charge is 2.09. The van der Waals surface area contributed by atoms with Crippen molar-refractivity contribution in [2.45, 2.75) is 19.8 Å². The lowest BCUT2D eigenvalue weighted by Gasteiger charge is -2.13. The van der Waals surface area contributed by atoms with Gasteiger partial charge in [0, 0.05) is 18.6 Å². The number of ether oxygens (including phenoxy) is 2. The van der Waals surface area contributed by atoms with Gasteiger partial charge in [-0.15, -0.1) is 0 Å². The largest absolute Gasteiger partial charge is 0.488 e. The van der Waals surface area contributed by atoms with Crippen molar-refractivity contribution in [2.75, 3.05) is 20.3 Å². The second kappa shape index (κ2) is 6.92. The summed E-state index contributed by atoms with van der Waals surface area (Å²) in [7, 11) is 1.52. The molecule has 21 heavy (non-hydrogen) atoms. The van der Waals surface area contributed by atoms with Crippen LogP contribution in [0.15, 0.2) is 30.5 Å². The lowest BCUT2D eigenvalue weighted by Crippen LogP contribution is -2.21. The van der Waals surface area contributed by atoms with Gasteiger partial charge in [0.2, 0.25) is 0 Å². The van der Waals surface area contributed by atoms with E-state index in [0.29, 0.717) is 12.5 Å². The van der Waals surface area contributed by atoms with Gasteiger partial charge in [0.15, 0.2) is 0 Å². The molecule has 0 aliphatic heterocycles. The summed E-state index contributed by atoms with van der Waals surface area (Å²) in [5.41, 5.74) is 2.01. The number of aromatic nitrogens is 1. The van der Waals surface area contributed by atoms with Crippen molar-refractivity contribution >= 4 is 17.0 Å². The van der Waals surface area contributed by atoms with Crippen LogP contribution >= 0.6 is 0 Å². The first-order valence-electron chi connectivity index (χ1n) is 6.97. The minimum Gasteiger partial charge on any atom is -0.488 e. The lowest BCUT2D eigenvalue weighted by atomic mass is 10.0. The number of benzene rings is 1. The molecule has 0 aliphatic rings. The predicted octanol–water partition coefficient (Wildman–Crippen LogP) is 3.09. The van der Waals surface area contributed by atoms with Gasteiger partial charge >= 0.3 is 6.09 Å². The van der Waals surface area contributed by atoms with Crippen LogP contribution in [0.25, 0.3) is 10.9 Å². The summed E-state index contributed by atoms with van der Waals surface area (Å²) >= 11 is 0. The van der Waals surface area contributed by atoms with Gasteiger partial charge in [-0.1, -0.05) is 19.9 Å². The number of hydrogen-bond donors (Lipinski definition) is 1. The van der Waals surface area contributed by atoms with E-state index in [-0.39, 0.29) is 6.61 Å². The monoisotopic (exact) mass is 288 g/mol. The zero-order valence-electron chi connectivity index (χ0n) is 12.6. The first kappa shape index (κ1) is 15.1. The number of carbonyl (C=O) groups excluding carboxylic acids is 1. The molecule has 1 heterocycles. The number of fused-ring (bicyclic) bond motifs is 1. The number of carbonyl (C=O) groups is 1. The molecule has 0 fully saturated rings. The maximum atomic E-state index is 11.0. The smallest absolute Gasteiger partial charge is 0.406 e. The molecule has 0 radical (unpaired) electrons. The zero-order chi connectivity index (χ0) is 15.2. The second-order valence-electron chi connectivity index (χ2n) is 4.98. The summed E-state index contributed by atoms with van der Waals surface area (Å²) in [6.07, 6.45) is 1.28. The highest BCUT2D eigenvalue weighted by Crippen LogP contribution is 2.29. The minimum absolute atomic E-state index is 0.194. The number of nitrogens with one attached hydrogen (secondary N) is 1. The summed E-state index contributed by atoms with van der Waals surface area (Å²) in [5, 5.41) is 3.44. The topological polar surface area (TPSA) is 60.5 Å². The van der Waals surface area contributed by atoms with Crippen molar-refractivity contribution in [1.82, 2.24) is 10.3 Å². The summed E-state index contributed by atoms with van der Waals surface area (Å²) < 4.78 is 10.6. The molecule has 1 amide bonds. The number of pyridine rings is 1. The summed E-state index contributed by atoms with van der Waals surface area (Å²) in [6, 6.07) is 8.05. The average Bonchev–Trinajstić information content (AvgIpc) is 2.50. The van der Waals surface area contributed by atoms with Gasteiger partial charge in [0.25, 0.3) is 0 Å². The maximum absolute atomic E-state index is 11.0. The van der Waals surface area contributed by atoms with E-state index in [2.05, 4.69) is 30.2 Å². The average molecular weight is 288 g/mol. The fourth-order valence-corrected chi connectivity index (χ4v) is 1.98. The quantitative estimate of drug-likeness (QED) is 0.859. The van der Waals surface area contributed by atoms with Crippen molar-refractivity contribution in [2.24, 2.45) is 0 Å². The molecule has 1 N–H and O–H groups in total. The normalized spacial score (nSPS) is 10.7. The predicted molar refractivity (Wildman–Crippen MR) is 81.7 cm³/mol. The van der Waals surface area contributed by atoms with Crippen LogP contribution in [0, 0.1) is 0 Å². The third kappa shape index (κ3) is 3.84. The fourth-order valence-electron chi connectivity index (χ4n) is 1.98. The molecule has 5 heteroatoms. The highest BCUT2D eigenvalue weighted by molar-refractivity contribution is 5.85. The standard InChI is InChI=1S/C16H20N2O3/c1-11(2)13-9-12-5-4-6-18-15(12)14(10-13)20-7-8-21-16(19)17-3/h4-6,9-11H,7-8H2,1-3H3,(H,17,19). The number of nitrogens with zero attached hydrogens (tertiary/aromatic N) is 1. The van der Waals surface area contributed by atoms with E-state index in [1.165, 1.54) is 12.6 Å². The Bertz CT molecular complexity index is 626. The third-order valence-corrected chi connectivity index (χ3v) is 3.14. The van der Waals surface area contributed by atoms with E-state index < -0.39 is 6.09 Å². The van der Waals surface area contributed by atoms with E-state index in [4.69, 9.17) is 9.47 Å². The molecule has 0 saturated heterocycles. The molecule has 1 aromatic heterocycles. The van der Waals surface area contributed by atoms with Crippen LogP contribution in [0.4, 0.5) is 4.79 Å². The van der Waals surface area contributed by atoms with Crippen LogP contribution in [-0.4, -0.2) is 31.3 Å². The van der Waals surface area contributed by atoms with E-state index >= 15 is 0 Å². The van der Waals surface area contributed by atoms with Crippen LogP contribution in [0.1, 0.15) is 25.3 Å². The van der Waals surface area contributed by atoms with E-state index in [1.807, 2.05) is 18.2 Å². The van der Waals surface area contributed by atoms with Gasteiger partial charge in [-0.25, -0.2) is 4.79 Å². The Morgan fingerprint density at radius 2 is 2.14 bits per heavy atom. The van der Waals surface area contributed by atoms with Gasteiger partial charge in [0.05, 0.1) is 0 Å². The Morgan fingerprint density at radius 1 is 1.33 bits per heavy atom. The number of hydrogen-bond acceptors (Lipinski definition) is 4. The molecule has 2 aromatic rings. The van der Waals surface area contributed by atoms with Crippen molar-refractivity contribution in [1.29, 1.82) is 0 Å². The zero-order valence-corrected chi connectivity index (χ0v) is 12.6. The SMILES string of the molecule is CNC(=O)OCCOc1cc(C(C)C)cc2cccnc12. The molecule has 0 aliphatic carbocycles. The highest BCUT2D eigenvalue weighted by atomic mass is 16.6. The molecule has 0 unspecified atom stereocenters. The molecule has 0 saturated carbocycles. The van der Waals surface area contributed by atoms with Gasteiger partial charge < -0.3 is 14.8 Å². The van der Waals surface area contributed by atoms with Gasteiger partial charge in [0.1, 0.15) is 24.5 Å². The first-order valence-corrected chi connectivity index (χ1v) is 6.97. The summed E-state index contributed by atoms with van der Waals surface area (Å²) in [4.78, 5) is 15.3. The van der Waals surface area contributed by atoms with Gasteiger partial charge in [-0.05, 0) is 29.7 Å². The van der Waals surface area contributed by atoms with Crippen molar-refractivity contribution < 1.29 is 14.3 Å². The van der Waals surface area contributed by atoms with Crippen LogP contribution in [0.5, 0.6) is 5.75 Å². The van der Waals surface area contributed by atoms with E-state index in [1.54, 1.807) is 6.20 Å². The first-order chi connectivity index (χ1) is 10.1.